The maximum Gasteiger partial charge on any atom is 0.274 e. The number of piperazine rings is 1. The van der Waals surface area contributed by atoms with Gasteiger partial charge in [-0.1, -0.05) is 6.07 Å². The van der Waals surface area contributed by atoms with Gasteiger partial charge in [0.1, 0.15) is 0 Å². The van der Waals surface area contributed by atoms with Crippen LogP contribution in [0.5, 0.6) is 0 Å². The van der Waals surface area contributed by atoms with Gasteiger partial charge in [-0.25, -0.2) is 14.9 Å². The Morgan fingerprint density at radius 2 is 1.78 bits per heavy atom. The van der Waals surface area contributed by atoms with Crippen LogP contribution in [0.1, 0.15) is 10.4 Å². The number of anilines is 5. The van der Waals surface area contributed by atoms with E-state index in [1.54, 1.807) is 17.6 Å². The first-order chi connectivity index (χ1) is 15.5. The number of likely N-dealkylation sites (N-methyl/N-ethyl adjacent to an activating group) is 1. The molecule has 2 aromatic carbocycles. The molecule has 1 saturated heterocycles. The molecule has 0 bridgehead atoms. The lowest BCUT2D eigenvalue weighted by atomic mass is 10.2. The second-order valence-corrected chi connectivity index (χ2v) is 7.50. The summed E-state index contributed by atoms with van der Waals surface area (Å²) in [5, 5.41) is 14.7. The summed E-state index contributed by atoms with van der Waals surface area (Å²) in [5.74, 6) is -1.12. The van der Waals surface area contributed by atoms with Gasteiger partial charge in [-0.2, -0.15) is 4.98 Å². The number of carbonyl (C=O) groups excluding carboxylic acids is 1. The maximum absolute atomic E-state index is 14.3. The molecule has 32 heavy (non-hydrogen) atoms. The highest BCUT2D eigenvalue weighted by Crippen LogP contribution is 2.23. The molecule has 3 aromatic rings. The summed E-state index contributed by atoms with van der Waals surface area (Å²) >= 11 is 0. The van der Waals surface area contributed by atoms with Crippen molar-refractivity contribution < 1.29 is 14.4 Å². The predicted octanol–water partition coefficient (Wildman–Crippen LogP) is 2.97. The van der Waals surface area contributed by atoms with E-state index in [4.69, 9.17) is 5.21 Å². The Labute approximate surface area is 184 Å². The number of rotatable bonds is 6. The molecule has 1 aromatic heterocycles. The molecular formula is C22H24FN7O2. The highest BCUT2D eigenvalue weighted by atomic mass is 19.1. The number of benzene rings is 2. The van der Waals surface area contributed by atoms with Gasteiger partial charge in [-0.05, 0) is 49.5 Å². The third-order valence-corrected chi connectivity index (χ3v) is 5.23. The number of aromatic nitrogens is 2. The number of amides is 1. The molecule has 1 aliphatic heterocycles. The lowest BCUT2D eigenvalue weighted by Gasteiger charge is -2.34. The molecule has 1 amide bonds. The van der Waals surface area contributed by atoms with E-state index in [9.17, 15) is 9.18 Å². The SMILES string of the molecule is CN1CCN(c2ccc(Nc3ncc(F)c(Nc4cccc(C(=O)NO)c4)n3)cc2)CC1. The van der Waals surface area contributed by atoms with Crippen LogP contribution in [0.3, 0.4) is 0 Å². The van der Waals surface area contributed by atoms with E-state index in [2.05, 4.69) is 37.4 Å². The van der Waals surface area contributed by atoms with Crippen LogP contribution in [-0.2, 0) is 0 Å². The van der Waals surface area contributed by atoms with Crippen LogP contribution in [-0.4, -0.2) is 59.2 Å². The fourth-order valence-corrected chi connectivity index (χ4v) is 3.40. The Bertz CT molecular complexity index is 1090. The van der Waals surface area contributed by atoms with Crippen molar-refractivity contribution in [3.8, 4) is 0 Å². The van der Waals surface area contributed by atoms with Gasteiger partial charge in [-0.15, -0.1) is 0 Å². The summed E-state index contributed by atoms with van der Waals surface area (Å²) in [6, 6.07) is 14.2. The van der Waals surface area contributed by atoms with Crippen LogP contribution in [0.4, 0.5) is 33.2 Å². The molecule has 0 unspecified atom stereocenters. The zero-order valence-electron chi connectivity index (χ0n) is 17.5. The Kier molecular flexibility index (Phi) is 6.43. The molecule has 0 saturated carbocycles. The van der Waals surface area contributed by atoms with Crippen molar-refractivity contribution >= 4 is 34.7 Å². The summed E-state index contributed by atoms with van der Waals surface area (Å²) in [5.41, 5.74) is 4.15. The van der Waals surface area contributed by atoms with Gasteiger partial charge in [0.2, 0.25) is 5.95 Å². The second-order valence-electron chi connectivity index (χ2n) is 7.50. The van der Waals surface area contributed by atoms with Crippen molar-refractivity contribution in [3.05, 3.63) is 66.1 Å². The molecule has 4 rings (SSSR count). The van der Waals surface area contributed by atoms with Crippen molar-refractivity contribution in [1.29, 1.82) is 0 Å². The average molecular weight is 437 g/mol. The zero-order chi connectivity index (χ0) is 22.5. The fourth-order valence-electron chi connectivity index (χ4n) is 3.40. The number of hydrogen-bond acceptors (Lipinski definition) is 8. The lowest BCUT2D eigenvalue weighted by molar-refractivity contribution is 0.0706. The van der Waals surface area contributed by atoms with E-state index in [0.717, 1.165) is 43.8 Å². The third-order valence-electron chi connectivity index (χ3n) is 5.23. The van der Waals surface area contributed by atoms with E-state index >= 15 is 0 Å². The molecule has 0 radical (unpaired) electrons. The summed E-state index contributed by atoms with van der Waals surface area (Å²) in [6.45, 7) is 4.04. The molecule has 0 aliphatic carbocycles. The highest BCUT2D eigenvalue weighted by Gasteiger charge is 2.14. The van der Waals surface area contributed by atoms with Crippen LogP contribution in [0.25, 0.3) is 0 Å². The van der Waals surface area contributed by atoms with Crippen molar-refractivity contribution in [1.82, 2.24) is 20.3 Å². The zero-order valence-corrected chi connectivity index (χ0v) is 17.5. The Balaban J connectivity index is 1.45. The van der Waals surface area contributed by atoms with Crippen LogP contribution in [0, 0.1) is 5.82 Å². The molecule has 1 fully saturated rings. The predicted molar refractivity (Wildman–Crippen MR) is 120 cm³/mol. The summed E-state index contributed by atoms with van der Waals surface area (Å²) in [6.07, 6.45) is 1.07. The van der Waals surface area contributed by atoms with E-state index in [1.807, 2.05) is 24.3 Å². The van der Waals surface area contributed by atoms with Crippen LogP contribution in [0.2, 0.25) is 0 Å². The second kappa shape index (κ2) is 9.58. The minimum atomic E-state index is -0.667. The van der Waals surface area contributed by atoms with E-state index < -0.39 is 11.7 Å². The van der Waals surface area contributed by atoms with Gasteiger partial charge < -0.3 is 20.4 Å². The van der Waals surface area contributed by atoms with E-state index in [0.29, 0.717) is 5.69 Å². The largest absolute Gasteiger partial charge is 0.369 e. The number of hydrogen-bond donors (Lipinski definition) is 4. The first-order valence-electron chi connectivity index (χ1n) is 10.2. The lowest BCUT2D eigenvalue weighted by Crippen LogP contribution is -2.44. The smallest absolute Gasteiger partial charge is 0.274 e. The van der Waals surface area contributed by atoms with E-state index in [1.165, 1.54) is 12.1 Å². The standard InChI is InChI=1S/C22H24FN7O2/c1-29-9-11-30(12-10-29)18-7-5-16(6-8-18)26-22-24-14-19(23)20(27-22)25-17-4-2-3-15(13-17)21(31)28-32/h2-8,13-14,32H,9-12H2,1H3,(H,28,31)(H2,24,25,26,27). The van der Waals surface area contributed by atoms with Gasteiger partial charge in [0.05, 0.1) is 6.20 Å². The number of carbonyl (C=O) groups is 1. The average Bonchev–Trinajstić information content (AvgIpc) is 2.82. The monoisotopic (exact) mass is 437 g/mol. The Morgan fingerprint density at radius 3 is 2.50 bits per heavy atom. The summed E-state index contributed by atoms with van der Waals surface area (Å²) in [4.78, 5) is 24.4. The van der Waals surface area contributed by atoms with Crippen LogP contribution >= 0.6 is 0 Å². The molecule has 4 N–H and O–H groups in total. The molecule has 0 spiro atoms. The first-order valence-corrected chi connectivity index (χ1v) is 10.2. The maximum atomic E-state index is 14.3. The minimum absolute atomic E-state index is 0.0434. The molecule has 166 valence electrons. The minimum Gasteiger partial charge on any atom is -0.369 e. The van der Waals surface area contributed by atoms with Gasteiger partial charge in [0, 0.05) is 48.8 Å². The van der Waals surface area contributed by atoms with Crippen molar-refractivity contribution in [2.45, 2.75) is 0 Å². The summed E-state index contributed by atoms with van der Waals surface area (Å²) < 4.78 is 14.3. The Morgan fingerprint density at radius 1 is 1.03 bits per heavy atom. The van der Waals surface area contributed by atoms with Crippen LogP contribution < -0.4 is 21.0 Å². The third kappa shape index (κ3) is 5.10. The van der Waals surface area contributed by atoms with Gasteiger partial charge >= 0.3 is 0 Å². The fraction of sp³-hybridized carbons (Fsp3) is 0.227. The number of hydroxylamine groups is 1. The van der Waals surface area contributed by atoms with Crippen molar-refractivity contribution in [2.24, 2.45) is 0 Å². The van der Waals surface area contributed by atoms with Gasteiger partial charge in [0.25, 0.3) is 5.91 Å². The number of halogens is 1. The molecule has 2 heterocycles. The summed E-state index contributed by atoms with van der Waals surface area (Å²) in [7, 11) is 2.12. The highest BCUT2D eigenvalue weighted by molar-refractivity contribution is 5.94. The number of nitrogens with zero attached hydrogens (tertiary/aromatic N) is 4. The quantitative estimate of drug-likeness (QED) is 0.345. The van der Waals surface area contributed by atoms with E-state index in [-0.39, 0.29) is 17.3 Å². The van der Waals surface area contributed by atoms with Crippen molar-refractivity contribution in [3.63, 3.8) is 0 Å². The topological polar surface area (TPSA) is 106 Å². The van der Waals surface area contributed by atoms with Gasteiger partial charge in [-0.3, -0.25) is 10.0 Å². The molecule has 10 heteroatoms. The Hall–Kier alpha value is -3.76. The van der Waals surface area contributed by atoms with Crippen LogP contribution in [0.15, 0.2) is 54.7 Å². The van der Waals surface area contributed by atoms with Crippen molar-refractivity contribution in [2.75, 3.05) is 48.8 Å². The molecule has 9 nitrogen and oxygen atoms in total. The molecule has 0 atom stereocenters. The molecule has 1 aliphatic rings. The number of nitrogens with one attached hydrogen (secondary N) is 3. The first kappa shape index (κ1) is 21.5. The normalized spacial score (nSPS) is 14.2. The molecular weight excluding hydrogens is 413 g/mol. The van der Waals surface area contributed by atoms with Gasteiger partial charge in [0.15, 0.2) is 11.6 Å².